The van der Waals surface area contributed by atoms with E-state index in [-0.39, 0.29) is 24.3 Å². The average Bonchev–Trinajstić information content (AvgIpc) is 3.62. The maximum atomic E-state index is 13.2. The quantitative estimate of drug-likeness (QED) is 0.695. The highest BCUT2D eigenvalue weighted by atomic mass is 16.6. The zero-order valence-corrected chi connectivity index (χ0v) is 18.8. The number of nitrogens with one attached hydrogen (secondary N) is 1. The monoisotopic (exact) mass is 452 g/mol. The Balaban J connectivity index is 1.32. The van der Waals surface area contributed by atoms with Gasteiger partial charge in [0.25, 0.3) is 0 Å². The molecule has 0 bridgehead atoms. The summed E-state index contributed by atoms with van der Waals surface area (Å²) < 4.78 is 22.1. The summed E-state index contributed by atoms with van der Waals surface area (Å²) in [6.07, 6.45) is 2.29. The van der Waals surface area contributed by atoms with E-state index in [2.05, 4.69) is 5.32 Å². The van der Waals surface area contributed by atoms with Gasteiger partial charge in [-0.25, -0.2) is 0 Å². The van der Waals surface area contributed by atoms with Crippen LogP contribution in [-0.2, 0) is 9.59 Å². The van der Waals surface area contributed by atoms with Crippen molar-refractivity contribution in [3.8, 4) is 23.0 Å². The highest BCUT2D eigenvalue weighted by molar-refractivity contribution is 6.01. The Bertz CT molecular complexity index is 1070. The van der Waals surface area contributed by atoms with Crippen molar-refractivity contribution in [3.63, 3.8) is 0 Å². The number of nitrogens with zero attached hydrogens (tertiary/aromatic N) is 1. The van der Waals surface area contributed by atoms with E-state index in [9.17, 15) is 9.59 Å². The first-order valence-electron chi connectivity index (χ1n) is 11.3. The van der Waals surface area contributed by atoms with E-state index in [1.807, 2.05) is 18.2 Å². The second-order valence-electron chi connectivity index (χ2n) is 8.67. The van der Waals surface area contributed by atoms with Gasteiger partial charge in [-0.15, -0.1) is 0 Å². The molecule has 174 valence electrons. The summed E-state index contributed by atoms with van der Waals surface area (Å²) in [5.74, 6) is 2.37. The number of rotatable bonds is 7. The molecule has 33 heavy (non-hydrogen) atoms. The normalized spacial score (nSPS) is 20.4. The second-order valence-corrected chi connectivity index (χ2v) is 8.67. The van der Waals surface area contributed by atoms with Gasteiger partial charge in [-0.05, 0) is 48.6 Å². The van der Waals surface area contributed by atoms with Crippen molar-refractivity contribution >= 4 is 17.5 Å². The van der Waals surface area contributed by atoms with Gasteiger partial charge in [0.1, 0.15) is 24.7 Å². The molecule has 5 rings (SSSR count). The van der Waals surface area contributed by atoms with Crippen molar-refractivity contribution in [2.75, 3.05) is 38.9 Å². The van der Waals surface area contributed by atoms with E-state index in [0.29, 0.717) is 48.6 Å². The van der Waals surface area contributed by atoms with Gasteiger partial charge < -0.3 is 29.2 Å². The molecule has 1 aliphatic carbocycles. The summed E-state index contributed by atoms with van der Waals surface area (Å²) in [5.41, 5.74) is 1.62. The summed E-state index contributed by atoms with van der Waals surface area (Å²) in [6.45, 7) is 1.36. The number of hydrogen-bond donors (Lipinski definition) is 1. The summed E-state index contributed by atoms with van der Waals surface area (Å²) in [6, 6.07) is 11.1. The zero-order valence-electron chi connectivity index (χ0n) is 18.8. The standard InChI is InChI=1S/C25H28N2O6/c1-30-18-6-8-20(31-2)19(13-18)27-14-17(12-23(27)28)25(29)26-24(15-3-4-15)16-5-7-21-22(11-16)33-10-9-32-21/h5-8,11,13,15,17,24H,3-4,9-10,12,14H2,1-2H3,(H,26,29). The average molecular weight is 453 g/mol. The predicted molar refractivity (Wildman–Crippen MR) is 121 cm³/mol. The third kappa shape index (κ3) is 4.29. The van der Waals surface area contributed by atoms with Crippen molar-refractivity contribution < 1.29 is 28.5 Å². The van der Waals surface area contributed by atoms with E-state index < -0.39 is 5.92 Å². The summed E-state index contributed by atoms with van der Waals surface area (Å²) >= 11 is 0. The minimum Gasteiger partial charge on any atom is -0.497 e. The van der Waals surface area contributed by atoms with Crippen molar-refractivity contribution in [2.24, 2.45) is 11.8 Å². The third-order valence-electron chi connectivity index (χ3n) is 6.49. The van der Waals surface area contributed by atoms with Crippen molar-refractivity contribution in [2.45, 2.75) is 25.3 Å². The molecule has 1 N–H and O–H groups in total. The van der Waals surface area contributed by atoms with Crippen LogP contribution in [0.15, 0.2) is 36.4 Å². The molecular formula is C25H28N2O6. The van der Waals surface area contributed by atoms with E-state index in [4.69, 9.17) is 18.9 Å². The van der Waals surface area contributed by atoms with Crippen LogP contribution in [0.5, 0.6) is 23.0 Å². The number of benzene rings is 2. The number of carbonyl (C=O) groups is 2. The largest absolute Gasteiger partial charge is 0.497 e. The first kappa shape index (κ1) is 21.4. The van der Waals surface area contributed by atoms with Crippen LogP contribution in [0.25, 0.3) is 0 Å². The van der Waals surface area contributed by atoms with Crippen LogP contribution in [-0.4, -0.2) is 45.8 Å². The fourth-order valence-corrected chi connectivity index (χ4v) is 4.55. The number of amides is 2. The lowest BCUT2D eigenvalue weighted by Crippen LogP contribution is -2.36. The molecule has 8 nitrogen and oxygen atoms in total. The summed E-state index contributed by atoms with van der Waals surface area (Å²) in [4.78, 5) is 27.7. The van der Waals surface area contributed by atoms with Crippen LogP contribution < -0.4 is 29.2 Å². The SMILES string of the molecule is COc1ccc(OC)c(N2CC(C(=O)NC(c3ccc4c(c3)OCCO4)C3CC3)CC2=O)c1. The van der Waals surface area contributed by atoms with Crippen LogP contribution in [0.2, 0.25) is 0 Å². The predicted octanol–water partition coefficient (Wildman–Crippen LogP) is 3.10. The number of fused-ring (bicyclic) bond motifs is 1. The lowest BCUT2D eigenvalue weighted by Gasteiger charge is -2.24. The Morgan fingerprint density at radius 1 is 1.06 bits per heavy atom. The Kier molecular flexibility index (Phi) is 5.74. The molecule has 8 heteroatoms. The molecule has 1 saturated heterocycles. The van der Waals surface area contributed by atoms with Gasteiger partial charge >= 0.3 is 0 Å². The van der Waals surface area contributed by atoms with Crippen molar-refractivity contribution in [1.82, 2.24) is 5.32 Å². The first-order valence-corrected chi connectivity index (χ1v) is 11.3. The highest BCUT2D eigenvalue weighted by Gasteiger charge is 2.40. The second kappa shape index (κ2) is 8.84. The molecule has 0 spiro atoms. The molecule has 2 fully saturated rings. The van der Waals surface area contributed by atoms with Crippen LogP contribution >= 0.6 is 0 Å². The number of anilines is 1. The number of methoxy groups -OCH3 is 2. The fraction of sp³-hybridized carbons (Fsp3) is 0.440. The lowest BCUT2D eigenvalue weighted by atomic mass is 9.99. The summed E-state index contributed by atoms with van der Waals surface area (Å²) in [5, 5.41) is 3.22. The zero-order chi connectivity index (χ0) is 22.9. The molecule has 2 aromatic carbocycles. The molecule has 1 saturated carbocycles. The topological polar surface area (TPSA) is 86.3 Å². The first-order chi connectivity index (χ1) is 16.1. The van der Waals surface area contributed by atoms with Crippen molar-refractivity contribution in [1.29, 1.82) is 0 Å². The van der Waals surface area contributed by atoms with Gasteiger partial charge in [0, 0.05) is 19.0 Å². The van der Waals surface area contributed by atoms with E-state index >= 15 is 0 Å². The molecule has 2 aromatic rings. The maximum absolute atomic E-state index is 13.2. The van der Waals surface area contributed by atoms with Crippen LogP contribution in [0.3, 0.4) is 0 Å². The highest BCUT2D eigenvalue weighted by Crippen LogP contribution is 2.44. The minimum absolute atomic E-state index is 0.107. The lowest BCUT2D eigenvalue weighted by molar-refractivity contribution is -0.127. The Morgan fingerprint density at radius 3 is 2.58 bits per heavy atom. The fourth-order valence-electron chi connectivity index (χ4n) is 4.55. The molecule has 2 unspecified atom stereocenters. The Labute approximate surface area is 192 Å². The third-order valence-corrected chi connectivity index (χ3v) is 6.49. The van der Waals surface area contributed by atoms with Gasteiger partial charge in [0.2, 0.25) is 11.8 Å². The van der Waals surface area contributed by atoms with E-state index in [0.717, 1.165) is 24.2 Å². The molecule has 0 radical (unpaired) electrons. The van der Waals surface area contributed by atoms with Gasteiger partial charge in [0.15, 0.2) is 11.5 Å². The van der Waals surface area contributed by atoms with Crippen LogP contribution in [0.1, 0.15) is 30.9 Å². The molecule has 2 amide bonds. The maximum Gasteiger partial charge on any atom is 0.227 e. The van der Waals surface area contributed by atoms with Crippen molar-refractivity contribution in [3.05, 3.63) is 42.0 Å². The Morgan fingerprint density at radius 2 is 1.85 bits per heavy atom. The van der Waals surface area contributed by atoms with E-state index in [1.54, 1.807) is 37.3 Å². The molecule has 3 aliphatic rings. The molecule has 2 atom stereocenters. The number of carbonyl (C=O) groups excluding carboxylic acids is 2. The molecular weight excluding hydrogens is 424 g/mol. The van der Waals surface area contributed by atoms with Crippen LogP contribution in [0.4, 0.5) is 5.69 Å². The van der Waals surface area contributed by atoms with Gasteiger partial charge in [-0.3, -0.25) is 9.59 Å². The Hall–Kier alpha value is -3.42. The van der Waals surface area contributed by atoms with E-state index in [1.165, 1.54) is 0 Å². The summed E-state index contributed by atoms with van der Waals surface area (Å²) in [7, 11) is 3.13. The van der Waals surface area contributed by atoms with Gasteiger partial charge in [-0.1, -0.05) is 6.07 Å². The van der Waals surface area contributed by atoms with Crippen LogP contribution in [0, 0.1) is 11.8 Å². The minimum atomic E-state index is -0.438. The smallest absolute Gasteiger partial charge is 0.227 e. The molecule has 0 aromatic heterocycles. The molecule has 2 heterocycles. The van der Waals surface area contributed by atoms with Gasteiger partial charge in [-0.2, -0.15) is 0 Å². The molecule has 2 aliphatic heterocycles. The number of ether oxygens (including phenoxy) is 4. The van der Waals surface area contributed by atoms with Gasteiger partial charge in [0.05, 0.1) is 31.9 Å². The number of hydrogen-bond acceptors (Lipinski definition) is 6.